The van der Waals surface area contributed by atoms with E-state index in [2.05, 4.69) is 0 Å². The van der Waals surface area contributed by atoms with Crippen LogP contribution in [0, 0.1) is 5.41 Å². The Hall–Kier alpha value is -0.120. The Labute approximate surface area is 96.1 Å². The maximum Gasteiger partial charge on any atom is 0.201 e. The van der Waals surface area contributed by atoms with Crippen molar-refractivity contribution in [3.05, 3.63) is 0 Å². The molecule has 3 saturated carbocycles. The van der Waals surface area contributed by atoms with Crippen LogP contribution in [0.25, 0.3) is 0 Å². The Bertz CT molecular complexity index is 317. The maximum absolute atomic E-state index is 10.8. The monoisotopic (exact) mass is 224 g/mol. The van der Waals surface area contributed by atoms with Crippen LogP contribution in [0.5, 0.6) is 0 Å². The average Bonchev–Trinajstić information content (AvgIpc) is 2.96. The lowest BCUT2D eigenvalue weighted by Crippen LogP contribution is -2.44. The Morgan fingerprint density at radius 2 is 1.69 bits per heavy atom. The predicted molar refractivity (Wildman–Crippen MR) is 57.6 cm³/mol. The molecule has 0 unspecified atom stereocenters. The van der Waals surface area contributed by atoms with Crippen LogP contribution < -0.4 is 0 Å². The zero-order valence-corrected chi connectivity index (χ0v) is 9.71. The van der Waals surface area contributed by atoms with Crippen molar-refractivity contribution in [3.8, 4) is 0 Å². The van der Waals surface area contributed by atoms with E-state index in [1.807, 2.05) is 0 Å². The highest BCUT2D eigenvalue weighted by Gasteiger charge is 2.73. The second kappa shape index (κ2) is 2.82. The highest BCUT2D eigenvalue weighted by Crippen LogP contribution is 2.68. The molecule has 0 aromatic heterocycles. The Morgan fingerprint density at radius 1 is 0.938 bits per heavy atom. The van der Waals surface area contributed by atoms with Gasteiger partial charge >= 0.3 is 0 Å². The third kappa shape index (κ3) is 1.05. The van der Waals surface area contributed by atoms with Crippen LogP contribution >= 0.6 is 0 Å². The van der Waals surface area contributed by atoms with Gasteiger partial charge in [-0.15, -0.1) is 0 Å². The molecule has 4 aliphatic rings. The average molecular weight is 224 g/mol. The van der Waals surface area contributed by atoms with Gasteiger partial charge in [0.15, 0.2) is 5.79 Å². The van der Waals surface area contributed by atoms with Crippen molar-refractivity contribution in [1.29, 1.82) is 0 Å². The molecule has 1 N–H and O–H groups in total. The quantitative estimate of drug-likeness (QED) is 0.686. The molecule has 3 heteroatoms. The summed E-state index contributed by atoms with van der Waals surface area (Å²) >= 11 is 0. The fourth-order valence-electron chi connectivity index (χ4n) is 4.07. The van der Waals surface area contributed by atoms with Crippen molar-refractivity contribution < 1.29 is 14.6 Å². The van der Waals surface area contributed by atoms with E-state index in [4.69, 9.17) is 9.47 Å². The van der Waals surface area contributed by atoms with Crippen LogP contribution in [-0.2, 0) is 9.47 Å². The normalized spacial score (nSPS) is 47.4. The van der Waals surface area contributed by atoms with E-state index in [1.165, 1.54) is 19.3 Å². The number of fused-ring (bicyclic) bond motifs is 2. The molecule has 3 nitrogen and oxygen atoms in total. The number of hydrogen-bond donors (Lipinski definition) is 1. The van der Waals surface area contributed by atoms with Crippen molar-refractivity contribution in [1.82, 2.24) is 0 Å². The third-order valence-electron chi connectivity index (χ3n) is 5.25. The summed E-state index contributed by atoms with van der Waals surface area (Å²) in [5.41, 5.74) is 0.0681. The van der Waals surface area contributed by atoms with Crippen LogP contribution in [0.15, 0.2) is 0 Å². The van der Waals surface area contributed by atoms with Crippen molar-refractivity contribution in [2.24, 2.45) is 5.41 Å². The van der Waals surface area contributed by atoms with Gasteiger partial charge < -0.3 is 14.6 Å². The standard InChI is InChI=1S/C13H20O3/c14-13-10(4-7-11(13)8-9-11)15-12(16-13)5-2-1-3-6-12/h10,14H,1-9H2/t10-,13+/m0/s1. The van der Waals surface area contributed by atoms with Gasteiger partial charge in [-0.25, -0.2) is 0 Å². The maximum atomic E-state index is 10.8. The first-order valence-corrected chi connectivity index (χ1v) is 6.79. The van der Waals surface area contributed by atoms with Crippen molar-refractivity contribution in [3.63, 3.8) is 0 Å². The first kappa shape index (κ1) is 9.86. The fraction of sp³-hybridized carbons (Fsp3) is 1.00. The van der Waals surface area contributed by atoms with Gasteiger partial charge in [-0.3, -0.25) is 0 Å². The summed E-state index contributed by atoms with van der Waals surface area (Å²) in [6.07, 6.45) is 9.85. The molecule has 2 spiro atoms. The molecule has 3 aliphatic carbocycles. The lowest BCUT2D eigenvalue weighted by Gasteiger charge is -2.35. The molecule has 0 amide bonds. The Balaban J connectivity index is 1.64. The van der Waals surface area contributed by atoms with E-state index < -0.39 is 11.6 Å². The Kier molecular flexibility index (Phi) is 1.74. The summed E-state index contributed by atoms with van der Waals surface area (Å²) in [4.78, 5) is 0. The van der Waals surface area contributed by atoms with Gasteiger partial charge in [0.1, 0.15) is 6.10 Å². The van der Waals surface area contributed by atoms with E-state index in [1.54, 1.807) is 0 Å². The molecular formula is C13H20O3. The summed E-state index contributed by atoms with van der Waals surface area (Å²) in [5.74, 6) is -1.36. The predicted octanol–water partition coefficient (Wildman–Crippen LogP) is 2.32. The van der Waals surface area contributed by atoms with Crippen LogP contribution in [0.3, 0.4) is 0 Å². The minimum absolute atomic E-state index is 0.0481. The molecule has 4 rings (SSSR count). The van der Waals surface area contributed by atoms with E-state index in [0.29, 0.717) is 0 Å². The lowest BCUT2D eigenvalue weighted by molar-refractivity contribution is -0.278. The van der Waals surface area contributed by atoms with Crippen LogP contribution in [0.1, 0.15) is 57.8 Å². The van der Waals surface area contributed by atoms with E-state index >= 15 is 0 Å². The highest BCUT2D eigenvalue weighted by atomic mass is 16.8. The zero-order valence-electron chi connectivity index (χ0n) is 9.71. The van der Waals surface area contributed by atoms with Gasteiger partial charge in [0.2, 0.25) is 5.79 Å². The topological polar surface area (TPSA) is 38.7 Å². The van der Waals surface area contributed by atoms with Gasteiger partial charge in [0.25, 0.3) is 0 Å². The molecule has 1 saturated heterocycles. The van der Waals surface area contributed by atoms with Crippen molar-refractivity contribution >= 4 is 0 Å². The van der Waals surface area contributed by atoms with Crippen LogP contribution in [0.4, 0.5) is 0 Å². The van der Waals surface area contributed by atoms with Gasteiger partial charge in [-0.2, -0.15) is 0 Å². The molecule has 1 aliphatic heterocycles. The molecule has 0 bridgehead atoms. The second-order valence-electron chi connectivity index (χ2n) is 6.20. The number of ether oxygens (including phenoxy) is 2. The molecule has 90 valence electrons. The molecule has 16 heavy (non-hydrogen) atoms. The lowest BCUT2D eigenvalue weighted by atomic mass is 9.93. The summed E-state index contributed by atoms with van der Waals surface area (Å²) in [7, 11) is 0. The van der Waals surface area contributed by atoms with Gasteiger partial charge in [0, 0.05) is 18.3 Å². The SMILES string of the molecule is O[C@@]12OC3(CCCCC3)O[C@H]1CCC21CC1. The molecule has 1 heterocycles. The molecular weight excluding hydrogens is 204 g/mol. The smallest absolute Gasteiger partial charge is 0.201 e. The summed E-state index contributed by atoms with van der Waals surface area (Å²) in [5, 5.41) is 10.8. The number of rotatable bonds is 0. The first-order chi connectivity index (χ1) is 7.68. The Morgan fingerprint density at radius 3 is 2.38 bits per heavy atom. The van der Waals surface area contributed by atoms with E-state index in [0.717, 1.165) is 38.5 Å². The summed E-state index contributed by atoms with van der Waals surface area (Å²) < 4.78 is 12.2. The van der Waals surface area contributed by atoms with Gasteiger partial charge in [-0.05, 0) is 38.5 Å². The molecule has 4 fully saturated rings. The fourth-order valence-corrected chi connectivity index (χ4v) is 4.07. The van der Waals surface area contributed by atoms with Crippen molar-refractivity contribution in [2.75, 3.05) is 0 Å². The zero-order chi connectivity index (χ0) is 10.9. The molecule has 2 atom stereocenters. The highest BCUT2D eigenvalue weighted by molar-refractivity contribution is 5.15. The van der Waals surface area contributed by atoms with Gasteiger partial charge in [0.05, 0.1) is 0 Å². The van der Waals surface area contributed by atoms with Gasteiger partial charge in [-0.1, -0.05) is 6.42 Å². The largest absolute Gasteiger partial charge is 0.363 e. The summed E-state index contributed by atoms with van der Waals surface area (Å²) in [6.45, 7) is 0. The van der Waals surface area contributed by atoms with Crippen LogP contribution in [0.2, 0.25) is 0 Å². The molecule has 0 aromatic carbocycles. The summed E-state index contributed by atoms with van der Waals surface area (Å²) in [6, 6.07) is 0. The molecule has 0 radical (unpaired) electrons. The van der Waals surface area contributed by atoms with E-state index in [9.17, 15) is 5.11 Å². The first-order valence-electron chi connectivity index (χ1n) is 6.79. The molecule has 0 aromatic rings. The number of aliphatic hydroxyl groups is 1. The third-order valence-corrected chi connectivity index (χ3v) is 5.25. The minimum Gasteiger partial charge on any atom is -0.363 e. The minimum atomic E-state index is -0.940. The van der Waals surface area contributed by atoms with Crippen LogP contribution in [-0.4, -0.2) is 22.8 Å². The van der Waals surface area contributed by atoms with Crippen molar-refractivity contribution in [2.45, 2.75) is 75.5 Å². The number of hydrogen-bond acceptors (Lipinski definition) is 3. The second-order valence-corrected chi connectivity index (χ2v) is 6.20. The van der Waals surface area contributed by atoms with E-state index in [-0.39, 0.29) is 11.5 Å².